The van der Waals surface area contributed by atoms with Gasteiger partial charge in [-0.05, 0) is 54.6 Å². The van der Waals surface area contributed by atoms with E-state index in [9.17, 15) is 9.90 Å². The van der Waals surface area contributed by atoms with Crippen molar-refractivity contribution in [1.29, 1.82) is 0 Å². The number of anilines is 2. The Hall–Kier alpha value is -3.25. The number of ketones is 1. The quantitative estimate of drug-likeness (QED) is 0.484. The van der Waals surface area contributed by atoms with Crippen LogP contribution < -0.4 is 15.4 Å². The van der Waals surface area contributed by atoms with Crippen LogP contribution in [-0.2, 0) is 4.79 Å². The monoisotopic (exact) mass is 432 g/mol. The Balaban J connectivity index is 1.62. The van der Waals surface area contributed by atoms with Gasteiger partial charge in [0.05, 0.1) is 24.0 Å². The Kier molecular flexibility index (Phi) is 5.16. The summed E-state index contributed by atoms with van der Waals surface area (Å²) in [7, 11) is 0. The molecule has 2 aliphatic rings. The number of para-hydroxylation sites is 2. The van der Waals surface area contributed by atoms with Gasteiger partial charge in [-0.1, -0.05) is 24.3 Å². The smallest absolute Gasteiger partial charge is 0.163 e. The summed E-state index contributed by atoms with van der Waals surface area (Å²) in [6, 6.07) is 17.1. The van der Waals surface area contributed by atoms with Crippen molar-refractivity contribution in [2.75, 3.05) is 17.2 Å². The lowest BCUT2D eigenvalue weighted by atomic mass is 9.81. The van der Waals surface area contributed by atoms with Crippen molar-refractivity contribution in [3.05, 3.63) is 81.7 Å². The molecule has 5 rings (SSSR count). The number of ether oxygens (including phenoxy) is 1. The molecular weight excluding hydrogens is 408 g/mol. The largest absolute Gasteiger partial charge is 0.504 e. The molecule has 0 saturated heterocycles. The molecule has 0 amide bonds. The molecule has 0 radical (unpaired) electrons. The average Bonchev–Trinajstić information content (AvgIpc) is 3.24. The summed E-state index contributed by atoms with van der Waals surface area (Å²) in [5, 5.41) is 19.4. The standard InChI is InChI=1S/C25H24N2O3S/c1-2-30-22-14-15(9-10-20(22)28)25-24-19(26-17-6-3-4-7-18(17)27-25)12-16(13-21(24)29)23-8-5-11-31-23/h3-11,14,16,25-28H,2,12-13H2,1H3. The predicted molar refractivity (Wildman–Crippen MR) is 124 cm³/mol. The highest BCUT2D eigenvalue weighted by Gasteiger charge is 2.36. The molecule has 1 aromatic heterocycles. The van der Waals surface area contributed by atoms with Crippen LogP contribution >= 0.6 is 11.3 Å². The first-order valence-corrected chi connectivity index (χ1v) is 11.4. The minimum Gasteiger partial charge on any atom is -0.504 e. The molecule has 0 bridgehead atoms. The van der Waals surface area contributed by atoms with E-state index in [-0.39, 0.29) is 23.5 Å². The van der Waals surface area contributed by atoms with Crippen LogP contribution in [-0.4, -0.2) is 17.5 Å². The number of nitrogens with one attached hydrogen (secondary N) is 2. The number of phenolic OH excluding ortho intramolecular Hbond substituents is 1. The number of aromatic hydroxyl groups is 1. The van der Waals surface area contributed by atoms with Gasteiger partial charge in [0.25, 0.3) is 0 Å². The highest BCUT2D eigenvalue weighted by atomic mass is 32.1. The lowest BCUT2D eigenvalue weighted by Gasteiger charge is -2.29. The van der Waals surface area contributed by atoms with Crippen molar-refractivity contribution in [1.82, 2.24) is 0 Å². The van der Waals surface area contributed by atoms with Gasteiger partial charge in [0.1, 0.15) is 0 Å². The van der Waals surface area contributed by atoms with Crippen LogP contribution in [0.3, 0.4) is 0 Å². The van der Waals surface area contributed by atoms with Gasteiger partial charge in [-0.25, -0.2) is 0 Å². The fourth-order valence-electron chi connectivity index (χ4n) is 4.45. The molecule has 1 aliphatic heterocycles. The van der Waals surface area contributed by atoms with Gasteiger partial charge in [0, 0.05) is 28.5 Å². The molecule has 2 heterocycles. The summed E-state index contributed by atoms with van der Waals surface area (Å²) in [6.07, 6.45) is 1.27. The van der Waals surface area contributed by atoms with E-state index in [1.54, 1.807) is 17.4 Å². The SMILES string of the molecule is CCOc1cc(C2Nc3ccccc3NC3=C2C(=O)CC(c2cccs2)C3)ccc1O. The Morgan fingerprint density at radius 3 is 2.71 bits per heavy atom. The van der Waals surface area contributed by atoms with Crippen LogP contribution in [0.1, 0.15) is 42.2 Å². The van der Waals surface area contributed by atoms with Gasteiger partial charge in [-0.15, -0.1) is 11.3 Å². The molecule has 31 heavy (non-hydrogen) atoms. The molecule has 158 valence electrons. The van der Waals surface area contributed by atoms with Crippen molar-refractivity contribution in [2.24, 2.45) is 0 Å². The summed E-state index contributed by atoms with van der Waals surface area (Å²) >= 11 is 1.71. The molecule has 0 saturated carbocycles. The summed E-state index contributed by atoms with van der Waals surface area (Å²) < 4.78 is 5.60. The van der Waals surface area contributed by atoms with E-state index >= 15 is 0 Å². The average molecular weight is 433 g/mol. The Labute approximate surface area is 185 Å². The second-order valence-electron chi connectivity index (χ2n) is 7.84. The number of carbonyl (C=O) groups excluding carboxylic acids is 1. The Morgan fingerprint density at radius 1 is 1.10 bits per heavy atom. The second-order valence-corrected chi connectivity index (χ2v) is 8.82. The number of rotatable bonds is 4. The molecule has 1 aliphatic carbocycles. The van der Waals surface area contributed by atoms with Gasteiger partial charge in [0.2, 0.25) is 0 Å². The normalized spacial score (nSPS) is 20.2. The third kappa shape index (κ3) is 3.68. The molecule has 2 unspecified atom stereocenters. The van der Waals surface area contributed by atoms with E-state index in [4.69, 9.17) is 4.74 Å². The van der Waals surface area contributed by atoms with Crippen molar-refractivity contribution in [3.8, 4) is 11.5 Å². The van der Waals surface area contributed by atoms with Crippen molar-refractivity contribution in [3.63, 3.8) is 0 Å². The third-order valence-corrected chi connectivity index (χ3v) is 6.91. The van der Waals surface area contributed by atoms with Gasteiger partial charge >= 0.3 is 0 Å². The minimum absolute atomic E-state index is 0.0969. The van der Waals surface area contributed by atoms with Crippen LogP contribution in [0.15, 0.2) is 71.2 Å². The Bertz CT molecular complexity index is 1150. The first-order valence-electron chi connectivity index (χ1n) is 10.5. The first-order chi connectivity index (χ1) is 15.1. The van der Waals surface area contributed by atoms with Crippen LogP contribution in [0.4, 0.5) is 11.4 Å². The van der Waals surface area contributed by atoms with E-state index in [0.29, 0.717) is 18.8 Å². The number of carbonyl (C=O) groups is 1. The van der Waals surface area contributed by atoms with Crippen LogP contribution in [0.5, 0.6) is 11.5 Å². The lowest BCUT2D eigenvalue weighted by Crippen LogP contribution is -2.26. The minimum atomic E-state index is -0.331. The fourth-order valence-corrected chi connectivity index (χ4v) is 5.28. The lowest BCUT2D eigenvalue weighted by molar-refractivity contribution is -0.116. The molecule has 2 aromatic carbocycles. The molecule has 3 aromatic rings. The number of thiophene rings is 1. The highest BCUT2D eigenvalue weighted by Crippen LogP contribution is 2.45. The van der Waals surface area contributed by atoms with Gasteiger partial charge in [-0.3, -0.25) is 4.79 Å². The maximum atomic E-state index is 13.5. The molecule has 6 heteroatoms. The van der Waals surface area contributed by atoms with Gasteiger partial charge < -0.3 is 20.5 Å². The summed E-state index contributed by atoms with van der Waals surface area (Å²) in [4.78, 5) is 14.7. The van der Waals surface area contributed by atoms with Crippen LogP contribution in [0.25, 0.3) is 0 Å². The zero-order chi connectivity index (χ0) is 21.4. The summed E-state index contributed by atoms with van der Waals surface area (Å²) in [5.74, 6) is 0.848. The van der Waals surface area contributed by atoms with Crippen molar-refractivity contribution in [2.45, 2.75) is 31.7 Å². The predicted octanol–water partition coefficient (Wildman–Crippen LogP) is 5.83. The number of benzene rings is 2. The van der Waals surface area contributed by atoms with Crippen LogP contribution in [0.2, 0.25) is 0 Å². The van der Waals surface area contributed by atoms with Gasteiger partial charge in [0.15, 0.2) is 17.3 Å². The van der Waals surface area contributed by atoms with Crippen molar-refractivity contribution < 1.29 is 14.6 Å². The number of phenols is 1. The van der Waals surface area contributed by atoms with Gasteiger partial charge in [-0.2, -0.15) is 0 Å². The summed E-state index contributed by atoms with van der Waals surface area (Å²) in [6.45, 7) is 2.33. The van der Waals surface area contributed by atoms with E-state index in [1.807, 2.05) is 49.4 Å². The number of fused-ring (bicyclic) bond motifs is 1. The highest BCUT2D eigenvalue weighted by molar-refractivity contribution is 7.10. The molecule has 0 fully saturated rings. The Morgan fingerprint density at radius 2 is 1.94 bits per heavy atom. The molecule has 0 spiro atoms. The van der Waals surface area contributed by atoms with Crippen molar-refractivity contribution >= 4 is 28.5 Å². The second kappa shape index (κ2) is 8.12. The topological polar surface area (TPSA) is 70.6 Å². The molecular formula is C25H24N2O3S. The van der Waals surface area contributed by atoms with E-state index in [0.717, 1.165) is 34.6 Å². The molecule has 2 atom stereocenters. The summed E-state index contributed by atoms with van der Waals surface area (Å²) in [5.41, 5.74) is 4.50. The number of hydrogen-bond donors (Lipinski definition) is 3. The first kappa shape index (κ1) is 19.7. The molecule has 5 nitrogen and oxygen atoms in total. The number of allylic oxidation sites excluding steroid dienone is 1. The van der Waals surface area contributed by atoms with E-state index in [2.05, 4.69) is 22.1 Å². The van der Waals surface area contributed by atoms with E-state index in [1.165, 1.54) is 4.88 Å². The third-order valence-electron chi connectivity index (χ3n) is 5.87. The van der Waals surface area contributed by atoms with E-state index < -0.39 is 0 Å². The zero-order valence-corrected chi connectivity index (χ0v) is 18.0. The zero-order valence-electron chi connectivity index (χ0n) is 17.2. The number of Topliss-reactive ketones (excluding diaryl/α,β-unsaturated/α-hetero) is 1. The fraction of sp³-hybridized carbons (Fsp3) is 0.240. The maximum Gasteiger partial charge on any atom is 0.163 e. The van der Waals surface area contributed by atoms with Crippen LogP contribution in [0, 0.1) is 0 Å². The maximum absolute atomic E-state index is 13.5. The molecule has 3 N–H and O–H groups in total. The number of hydrogen-bond acceptors (Lipinski definition) is 6.